The van der Waals surface area contributed by atoms with Crippen LogP contribution in [0, 0.1) is 0 Å². The van der Waals surface area contributed by atoms with Crippen LogP contribution in [-0.2, 0) is 11.3 Å². The maximum absolute atomic E-state index is 13.2. The minimum atomic E-state index is -0.539. The van der Waals surface area contributed by atoms with E-state index < -0.39 is 5.54 Å². The van der Waals surface area contributed by atoms with Crippen molar-refractivity contribution in [2.75, 3.05) is 6.54 Å². The Bertz CT molecular complexity index is 769. The molecular weight excluding hydrogens is 398 g/mol. The molecular formula is C27H43N3O2. The number of carbonyl (C=O) groups is 2. The molecule has 0 saturated carbocycles. The minimum absolute atomic E-state index is 0.0187. The third-order valence-electron chi connectivity index (χ3n) is 8.00. The first kappa shape index (κ1) is 24.8. The zero-order chi connectivity index (χ0) is 23.4. The lowest BCUT2D eigenvalue weighted by Gasteiger charge is -2.63. The van der Waals surface area contributed by atoms with Crippen LogP contribution in [0.2, 0.25) is 0 Å². The van der Waals surface area contributed by atoms with E-state index in [4.69, 9.17) is 0 Å². The van der Waals surface area contributed by atoms with Crippen LogP contribution in [0.4, 0.5) is 4.79 Å². The Morgan fingerprint density at radius 3 is 2.22 bits per heavy atom. The summed E-state index contributed by atoms with van der Waals surface area (Å²) in [4.78, 5) is 30.3. The molecule has 3 rings (SSSR count). The minimum Gasteiger partial charge on any atom is -0.330 e. The molecule has 2 aliphatic rings. The number of nitrogens with zero attached hydrogens (tertiary/aromatic N) is 2. The molecule has 0 radical (unpaired) electrons. The van der Waals surface area contributed by atoms with Crippen molar-refractivity contribution in [3.05, 3.63) is 35.9 Å². The maximum atomic E-state index is 13.2. The number of imide groups is 1. The van der Waals surface area contributed by atoms with E-state index in [0.717, 1.165) is 32.2 Å². The predicted octanol–water partition coefficient (Wildman–Crippen LogP) is 5.88. The summed E-state index contributed by atoms with van der Waals surface area (Å²) in [6.45, 7) is 12.5. The molecule has 2 fully saturated rings. The molecule has 0 aromatic heterocycles. The third kappa shape index (κ3) is 5.03. The number of amides is 3. The largest absolute Gasteiger partial charge is 0.330 e. The Hall–Kier alpha value is -1.88. The summed E-state index contributed by atoms with van der Waals surface area (Å²) >= 11 is 0. The molecule has 178 valence electrons. The molecule has 2 saturated heterocycles. The van der Waals surface area contributed by atoms with Gasteiger partial charge in [0.1, 0.15) is 0 Å². The van der Waals surface area contributed by atoms with E-state index in [-0.39, 0.29) is 23.0 Å². The fourth-order valence-corrected chi connectivity index (χ4v) is 5.73. The number of carbonyl (C=O) groups excluding carboxylic acids is 2. The Morgan fingerprint density at radius 2 is 1.56 bits per heavy atom. The molecule has 1 unspecified atom stereocenters. The molecule has 32 heavy (non-hydrogen) atoms. The molecule has 1 aromatic carbocycles. The van der Waals surface area contributed by atoms with Gasteiger partial charge in [0, 0.05) is 24.2 Å². The molecule has 1 atom stereocenters. The summed E-state index contributed by atoms with van der Waals surface area (Å²) in [5.41, 5.74) is 0.336. The summed E-state index contributed by atoms with van der Waals surface area (Å²) < 4.78 is 0. The second-order valence-corrected chi connectivity index (χ2v) is 10.9. The molecule has 5 nitrogen and oxygen atoms in total. The lowest BCUT2D eigenvalue weighted by molar-refractivity contribution is -0.143. The van der Waals surface area contributed by atoms with Crippen molar-refractivity contribution in [2.24, 2.45) is 0 Å². The fraction of sp³-hybridized carbons (Fsp3) is 0.704. The second kappa shape index (κ2) is 9.94. The molecule has 2 aliphatic heterocycles. The van der Waals surface area contributed by atoms with Gasteiger partial charge in [0.25, 0.3) is 0 Å². The number of unbranched alkanes of at least 4 members (excludes halogenated alkanes) is 5. The average molecular weight is 442 g/mol. The SMILES string of the molecule is CCCCCCCCN1C(=O)CC2(CCC(C)(C)N(Cc3ccccc3)C2(C)C)NC1=O. The van der Waals surface area contributed by atoms with Crippen LogP contribution >= 0.6 is 0 Å². The van der Waals surface area contributed by atoms with Gasteiger partial charge in [0.2, 0.25) is 5.91 Å². The Balaban J connectivity index is 1.72. The van der Waals surface area contributed by atoms with Gasteiger partial charge in [0.05, 0.1) is 12.0 Å². The summed E-state index contributed by atoms with van der Waals surface area (Å²) in [5, 5.41) is 3.34. The van der Waals surface area contributed by atoms with Crippen LogP contribution in [0.25, 0.3) is 0 Å². The van der Waals surface area contributed by atoms with Crippen LogP contribution in [0.3, 0.4) is 0 Å². The third-order valence-corrected chi connectivity index (χ3v) is 8.00. The van der Waals surface area contributed by atoms with Crippen molar-refractivity contribution < 1.29 is 9.59 Å². The van der Waals surface area contributed by atoms with Gasteiger partial charge in [-0.3, -0.25) is 14.6 Å². The molecule has 0 aliphatic carbocycles. The van der Waals surface area contributed by atoms with Gasteiger partial charge >= 0.3 is 6.03 Å². The van der Waals surface area contributed by atoms with Crippen LogP contribution in [0.1, 0.15) is 98.0 Å². The number of hydrogen-bond acceptors (Lipinski definition) is 3. The Morgan fingerprint density at radius 1 is 0.906 bits per heavy atom. The number of benzene rings is 1. The maximum Gasteiger partial charge on any atom is 0.324 e. The fourth-order valence-electron chi connectivity index (χ4n) is 5.73. The summed E-state index contributed by atoms with van der Waals surface area (Å²) in [6.07, 6.45) is 9.01. The molecule has 5 heteroatoms. The van der Waals surface area contributed by atoms with Crippen LogP contribution in [0.15, 0.2) is 30.3 Å². The van der Waals surface area contributed by atoms with E-state index in [9.17, 15) is 9.59 Å². The lowest BCUT2D eigenvalue weighted by Crippen LogP contribution is -2.78. The van der Waals surface area contributed by atoms with Crippen molar-refractivity contribution in [3.63, 3.8) is 0 Å². The molecule has 0 bridgehead atoms. The monoisotopic (exact) mass is 441 g/mol. The summed E-state index contributed by atoms with van der Waals surface area (Å²) in [6, 6.07) is 10.3. The summed E-state index contributed by atoms with van der Waals surface area (Å²) in [7, 11) is 0. The summed E-state index contributed by atoms with van der Waals surface area (Å²) in [5.74, 6) is -0.0187. The first-order chi connectivity index (χ1) is 15.1. The van der Waals surface area contributed by atoms with Crippen molar-refractivity contribution in [2.45, 2.75) is 116 Å². The lowest BCUT2D eigenvalue weighted by atomic mass is 9.64. The van der Waals surface area contributed by atoms with E-state index >= 15 is 0 Å². The molecule has 1 spiro atoms. The molecule has 2 heterocycles. The van der Waals surface area contributed by atoms with Gasteiger partial charge in [-0.1, -0.05) is 69.4 Å². The van der Waals surface area contributed by atoms with Crippen LogP contribution < -0.4 is 5.32 Å². The highest BCUT2D eigenvalue weighted by Crippen LogP contribution is 2.48. The van der Waals surface area contributed by atoms with Crippen LogP contribution in [0.5, 0.6) is 0 Å². The first-order valence-corrected chi connectivity index (χ1v) is 12.6. The van der Waals surface area contributed by atoms with Crippen molar-refractivity contribution in [3.8, 4) is 0 Å². The Kier molecular flexibility index (Phi) is 7.69. The van der Waals surface area contributed by atoms with Crippen LogP contribution in [-0.4, -0.2) is 44.9 Å². The highest BCUT2D eigenvalue weighted by atomic mass is 16.2. The number of piperidine rings is 1. The van der Waals surface area contributed by atoms with Gasteiger partial charge in [-0.2, -0.15) is 0 Å². The van der Waals surface area contributed by atoms with Crippen molar-refractivity contribution >= 4 is 11.9 Å². The van der Waals surface area contributed by atoms with Gasteiger partial charge in [-0.05, 0) is 52.5 Å². The van der Waals surface area contributed by atoms with Gasteiger partial charge in [-0.15, -0.1) is 0 Å². The van der Waals surface area contributed by atoms with Crippen molar-refractivity contribution in [1.29, 1.82) is 0 Å². The zero-order valence-electron chi connectivity index (χ0n) is 20.9. The molecule has 1 aromatic rings. The highest BCUT2D eigenvalue weighted by Gasteiger charge is 2.59. The van der Waals surface area contributed by atoms with Gasteiger partial charge in [-0.25, -0.2) is 4.79 Å². The number of nitrogens with one attached hydrogen (secondary N) is 1. The first-order valence-electron chi connectivity index (χ1n) is 12.6. The normalized spacial score (nSPS) is 25.2. The average Bonchev–Trinajstić information content (AvgIpc) is 2.74. The Labute approximate surface area is 194 Å². The predicted molar refractivity (Wildman–Crippen MR) is 130 cm³/mol. The van der Waals surface area contributed by atoms with E-state index in [1.807, 2.05) is 6.07 Å². The molecule has 1 N–H and O–H groups in total. The molecule has 3 amide bonds. The highest BCUT2D eigenvalue weighted by molar-refractivity contribution is 5.98. The zero-order valence-corrected chi connectivity index (χ0v) is 20.9. The second-order valence-electron chi connectivity index (χ2n) is 10.9. The number of urea groups is 1. The standard InChI is InChI=1S/C27H43N3O2/c1-6-7-8-9-10-14-19-29-23(31)20-27(28-24(29)32)18-17-25(2,3)30(26(27,4)5)21-22-15-12-11-13-16-22/h11-13,15-16H,6-10,14,17-21H2,1-5H3,(H,28,32). The van der Waals surface area contributed by atoms with E-state index in [1.54, 1.807) is 0 Å². The van der Waals surface area contributed by atoms with E-state index in [0.29, 0.717) is 13.0 Å². The number of hydrogen-bond donors (Lipinski definition) is 1. The van der Waals surface area contributed by atoms with Gasteiger partial charge < -0.3 is 5.32 Å². The topological polar surface area (TPSA) is 52.7 Å². The van der Waals surface area contributed by atoms with E-state index in [1.165, 1.54) is 36.1 Å². The van der Waals surface area contributed by atoms with E-state index in [2.05, 4.69) is 69.1 Å². The number of rotatable bonds is 9. The van der Waals surface area contributed by atoms with Gasteiger partial charge in [0.15, 0.2) is 0 Å². The smallest absolute Gasteiger partial charge is 0.324 e. The number of likely N-dealkylation sites (tertiary alicyclic amines) is 1. The van der Waals surface area contributed by atoms with Crippen molar-refractivity contribution in [1.82, 2.24) is 15.1 Å². The quantitative estimate of drug-likeness (QED) is 0.487.